The molecule has 4 N–H and O–H groups in total. The summed E-state index contributed by atoms with van der Waals surface area (Å²) in [6.45, 7) is 2.39. The van der Waals surface area contributed by atoms with Crippen molar-refractivity contribution >= 4 is 35.8 Å². The third kappa shape index (κ3) is 7.62. The number of nitrogens with one attached hydrogen (secondary N) is 2. The Morgan fingerprint density at radius 3 is 2.53 bits per heavy atom. The number of aliphatic imine (C=N–C) groups is 1. The summed E-state index contributed by atoms with van der Waals surface area (Å²) in [4.78, 5) is 15.1. The Bertz CT molecular complexity index is 861. The van der Waals surface area contributed by atoms with Crippen molar-refractivity contribution in [2.75, 3.05) is 27.9 Å². The van der Waals surface area contributed by atoms with Crippen LogP contribution in [0.1, 0.15) is 24.1 Å². The minimum atomic E-state index is -0.514. The second-order valence-corrected chi connectivity index (χ2v) is 6.30. The predicted molar refractivity (Wildman–Crippen MR) is 128 cm³/mol. The molecule has 2 aromatic carbocycles. The summed E-state index contributed by atoms with van der Waals surface area (Å²) in [5.41, 5.74) is 7.04. The molecule has 1 atom stereocenters. The fourth-order valence-electron chi connectivity index (χ4n) is 2.74. The zero-order valence-corrected chi connectivity index (χ0v) is 19.9. The lowest BCUT2D eigenvalue weighted by atomic mass is 10.1. The van der Waals surface area contributed by atoms with Crippen molar-refractivity contribution in [3.8, 4) is 17.2 Å². The fraction of sp³-hybridized carbons (Fsp3) is 0.333. The number of ether oxygens (including phenoxy) is 3. The van der Waals surface area contributed by atoms with E-state index in [4.69, 9.17) is 19.9 Å². The number of methoxy groups -OCH3 is 2. The maximum Gasteiger partial charge on any atom is 0.255 e. The smallest absolute Gasteiger partial charge is 0.255 e. The summed E-state index contributed by atoms with van der Waals surface area (Å²) in [6.07, 6.45) is 0. The van der Waals surface area contributed by atoms with E-state index in [1.165, 1.54) is 0 Å². The van der Waals surface area contributed by atoms with Gasteiger partial charge in [0.1, 0.15) is 17.2 Å². The van der Waals surface area contributed by atoms with Crippen LogP contribution >= 0.6 is 24.0 Å². The molecule has 0 aliphatic carbocycles. The molecule has 0 radical (unpaired) electrons. The minimum absolute atomic E-state index is 0. The van der Waals surface area contributed by atoms with Crippen molar-refractivity contribution in [1.29, 1.82) is 0 Å². The van der Waals surface area contributed by atoms with Crippen molar-refractivity contribution < 1.29 is 19.0 Å². The van der Waals surface area contributed by atoms with Gasteiger partial charge in [-0.25, -0.2) is 0 Å². The maximum absolute atomic E-state index is 10.9. The van der Waals surface area contributed by atoms with Crippen LogP contribution in [0.15, 0.2) is 47.5 Å². The number of nitrogens with two attached hydrogens (primary N) is 1. The molecular formula is C21H29IN4O4. The predicted octanol–water partition coefficient (Wildman–Crippen LogP) is 2.61. The molecular weight excluding hydrogens is 499 g/mol. The Balaban J connectivity index is 0.00000450. The van der Waals surface area contributed by atoms with Gasteiger partial charge in [0.2, 0.25) is 0 Å². The highest BCUT2D eigenvalue weighted by Crippen LogP contribution is 2.29. The van der Waals surface area contributed by atoms with Gasteiger partial charge in [0.25, 0.3) is 5.91 Å². The summed E-state index contributed by atoms with van der Waals surface area (Å²) in [5, 5.41) is 6.61. The number of halogens is 1. The minimum Gasteiger partial charge on any atom is -0.497 e. The topological polar surface area (TPSA) is 107 Å². The summed E-state index contributed by atoms with van der Waals surface area (Å²) in [7, 11) is 4.97. The number of benzene rings is 2. The van der Waals surface area contributed by atoms with Gasteiger partial charge in [-0.1, -0.05) is 12.1 Å². The number of primary amides is 1. The third-order valence-electron chi connectivity index (χ3n) is 4.22. The molecule has 0 aromatic heterocycles. The molecule has 0 saturated heterocycles. The van der Waals surface area contributed by atoms with Crippen LogP contribution in [0, 0.1) is 0 Å². The molecule has 8 nitrogen and oxygen atoms in total. The monoisotopic (exact) mass is 528 g/mol. The van der Waals surface area contributed by atoms with E-state index < -0.39 is 5.91 Å². The second-order valence-electron chi connectivity index (χ2n) is 6.30. The Labute approximate surface area is 194 Å². The van der Waals surface area contributed by atoms with Gasteiger partial charge >= 0.3 is 0 Å². The molecule has 30 heavy (non-hydrogen) atoms. The average Bonchev–Trinajstić information content (AvgIpc) is 2.74. The first-order valence-corrected chi connectivity index (χ1v) is 9.16. The van der Waals surface area contributed by atoms with Crippen LogP contribution in [-0.2, 0) is 11.3 Å². The van der Waals surface area contributed by atoms with E-state index >= 15 is 0 Å². The van der Waals surface area contributed by atoms with Crippen molar-refractivity contribution in [1.82, 2.24) is 10.6 Å². The molecule has 0 aliphatic rings. The Kier molecular flexibility index (Phi) is 10.8. The van der Waals surface area contributed by atoms with Crippen LogP contribution in [0.25, 0.3) is 0 Å². The van der Waals surface area contributed by atoms with Crippen LogP contribution in [0.3, 0.4) is 0 Å². The van der Waals surface area contributed by atoms with Crippen LogP contribution in [0.2, 0.25) is 0 Å². The number of carbonyl (C=O) groups is 1. The van der Waals surface area contributed by atoms with Gasteiger partial charge in [-0.15, -0.1) is 24.0 Å². The van der Waals surface area contributed by atoms with Gasteiger partial charge in [0.15, 0.2) is 12.6 Å². The summed E-state index contributed by atoms with van der Waals surface area (Å²) >= 11 is 0. The van der Waals surface area contributed by atoms with E-state index in [0.29, 0.717) is 18.3 Å². The number of hydrogen-bond acceptors (Lipinski definition) is 5. The number of amides is 1. The third-order valence-corrected chi connectivity index (χ3v) is 4.22. The lowest BCUT2D eigenvalue weighted by Crippen LogP contribution is -2.38. The van der Waals surface area contributed by atoms with Gasteiger partial charge in [-0.3, -0.25) is 9.79 Å². The van der Waals surface area contributed by atoms with Gasteiger partial charge in [0, 0.05) is 19.2 Å². The number of guanidine groups is 1. The van der Waals surface area contributed by atoms with Crippen molar-refractivity contribution in [2.24, 2.45) is 10.7 Å². The SMILES string of the molecule is CN=C(NCc1cccc(OCC(N)=O)c1)NC(C)c1cc(OC)ccc1OC.I. The highest BCUT2D eigenvalue weighted by Gasteiger charge is 2.14. The second kappa shape index (κ2) is 12.8. The molecule has 0 heterocycles. The number of rotatable bonds is 9. The molecule has 2 aromatic rings. The number of hydrogen-bond donors (Lipinski definition) is 3. The van der Waals surface area contributed by atoms with Crippen LogP contribution in [0.4, 0.5) is 0 Å². The molecule has 1 unspecified atom stereocenters. The van der Waals surface area contributed by atoms with E-state index in [-0.39, 0.29) is 36.6 Å². The first-order valence-electron chi connectivity index (χ1n) is 9.16. The summed E-state index contributed by atoms with van der Waals surface area (Å²) < 4.78 is 16.1. The zero-order valence-electron chi connectivity index (χ0n) is 17.6. The molecule has 0 fully saturated rings. The quantitative estimate of drug-likeness (QED) is 0.263. The Hall–Kier alpha value is -2.69. The van der Waals surface area contributed by atoms with E-state index in [0.717, 1.165) is 22.6 Å². The molecule has 0 saturated carbocycles. The molecule has 2 rings (SSSR count). The maximum atomic E-state index is 10.9. The van der Waals surface area contributed by atoms with E-state index in [9.17, 15) is 4.79 Å². The van der Waals surface area contributed by atoms with E-state index in [1.807, 2.05) is 43.3 Å². The van der Waals surface area contributed by atoms with Crippen molar-refractivity contribution in [3.63, 3.8) is 0 Å². The highest BCUT2D eigenvalue weighted by atomic mass is 127. The first kappa shape index (κ1) is 25.3. The van der Waals surface area contributed by atoms with E-state index in [2.05, 4.69) is 15.6 Å². The van der Waals surface area contributed by atoms with Crippen molar-refractivity contribution in [3.05, 3.63) is 53.6 Å². The average molecular weight is 528 g/mol. The van der Waals surface area contributed by atoms with Crippen LogP contribution in [0.5, 0.6) is 17.2 Å². The zero-order chi connectivity index (χ0) is 21.2. The van der Waals surface area contributed by atoms with E-state index in [1.54, 1.807) is 27.3 Å². The van der Waals surface area contributed by atoms with Gasteiger partial charge < -0.3 is 30.6 Å². The molecule has 164 valence electrons. The normalized spacial score (nSPS) is 11.7. The molecule has 9 heteroatoms. The Morgan fingerprint density at radius 2 is 1.90 bits per heavy atom. The molecule has 0 spiro atoms. The number of carbonyl (C=O) groups excluding carboxylic acids is 1. The molecule has 0 bridgehead atoms. The van der Waals surface area contributed by atoms with Crippen LogP contribution in [-0.4, -0.2) is 39.7 Å². The van der Waals surface area contributed by atoms with Crippen LogP contribution < -0.4 is 30.6 Å². The van der Waals surface area contributed by atoms with Gasteiger partial charge in [-0.05, 0) is 42.8 Å². The van der Waals surface area contributed by atoms with Gasteiger partial charge in [0.05, 0.1) is 20.3 Å². The lowest BCUT2D eigenvalue weighted by Gasteiger charge is -2.21. The molecule has 1 amide bonds. The highest BCUT2D eigenvalue weighted by molar-refractivity contribution is 14.0. The Morgan fingerprint density at radius 1 is 1.13 bits per heavy atom. The lowest BCUT2D eigenvalue weighted by molar-refractivity contribution is -0.119. The summed E-state index contributed by atoms with van der Waals surface area (Å²) in [5.74, 6) is 2.22. The standard InChI is InChI=1S/C21H28N4O4.HI/c1-14(18-11-16(27-3)8-9-19(18)28-4)25-21(23-2)24-12-15-6-5-7-17(10-15)29-13-20(22)26;/h5-11,14H,12-13H2,1-4H3,(H2,22,26)(H2,23,24,25);1H. The van der Waals surface area contributed by atoms with Gasteiger partial charge in [-0.2, -0.15) is 0 Å². The number of nitrogens with zero attached hydrogens (tertiary/aromatic N) is 1. The van der Waals surface area contributed by atoms with Crippen molar-refractivity contribution in [2.45, 2.75) is 19.5 Å². The largest absolute Gasteiger partial charge is 0.497 e. The first-order chi connectivity index (χ1) is 14.0. The fourth-order valence-corrected chi connectivity index (χ4v) is 2.74. The summed E-state index contributed by atoms with van der Waals surface area (Å²) in [6, 6.07) is 13.0. The molecule has 0 aliphatic heterocycles.